The number of aromatic nitrogens is 2. The Morgan fingerprint density at radius 3 is 2.60 bits per heavy atom. The number of hydrogen-bond acceptors (Lipinski definition) is 4. The van der Waals surface area contributed by atoms with E-state index in [1.165, 1.54) is 11.1 Å². The molecule has 1 heterocycles. The van der Waals surface area contributed by atoms with E-state index in [2.05, 4.69) is 60.3 Å². The topological polar surface area (TPSA) is 63.8 Å². The standard InChI is InChI=1S/C16H22N4/c1-10(2)15-19-14(17)12(4)16(20-15)18-9-13-7-5-6-11(3)8-13/h5-8,10H,9H2,1-4H3,(H3,17,18,19,20). The van der Waals surface area contributed by atoms with Crippen LogP contribution in [-0.2, 0) is 6.54 Å². The minimum Gasteiger partial charge on any atom is -0.383 e. The van der Waals surface area contributed by atoms with E-state index < -0.39 is 0 Å². The summed E-state index contributed by atoms with van der Waals surface area (Å²) in [6.45, 7) is 8.89. The molecule has 0 aliphatic carbocycles. The van der Waals surface area contributed by atoms with Gasteiger partial charge in [-0.3, -0.25) is 0 Å². The second kappa shape index (κ2) is 5.90. The minimum absolute atomic E-state index is 0.261. The van der Waals surface area contributed by atoms with E-state index in [1.54, 1.807) is 0 Å². The first-order chi connectivity index (χ1) is 9.47. The predicted molar refractivity (Wildman–Crippen MR) is 83.8 cm³/mol. The van der Waals surface area contributed by atoms with Gasteiger partial charge in [-0.25, -0.2) is 9.97 Å². The summed E-state index contributed by atoms with van der Waals surface area (Å²) in [6, 6.07) is 8.42. The molecule has 0 unspecified atom stereocenters. The van der Waals surface area contributed by atoms with Crippen molar-refractivity contribution in [1.29, 1.82) is 0 Å². The number of anilines is 2. The van der Waals surface area contributed by atoms with Crippen molar-refractivity contribution in [3.63, 3.8) is 0 Å². The Labute approximate surface area is 120 Å². The van der Waals surface area contributed by atoms with Gasteiger partial charge in [0.05, 0.1) is 0 Å². The van der Waals surface area contributed by atoms with Gasteiger partial charge < -0.3 is 11.1 Å². The monoisotopic (exact) mass is 270 g/mol. The van der Waals surface area contributed by atoms with Gasteiger partial charge in [-0.2, -0.15) is 0 Å². The van der Waals surface area contributed by atoms with E-state index >= 15 is 0 Å². The Kier molecular flexibility index (Phi) is 4.23. The van der Waals surface area contributed by atoms with Crippen LogP contribution in [0.25, 0.3) is 0 Å². The first-order valence-corrected chi connectivity index (χ1v) is 6.90. The molecular formula is C16H22N4. The van der Waals surface area contributed by atoms with Gasteiger partial charge in [-0.05, 0) is 19.4 Å². The average Bonchev–Trinajstić information content (AvgIpc) is 2.40. The summed E-state index contributed by atoms with van der Waals surface area (Å²) in [6.07, 6.45) is 0. The quantitative estimate of drug-likeness (QED) is 0.893. The summed E-state index contributed by atoms with van der Waals surface area (Å²) in [5, 5.41) is 3.36. The molecule has 0 bridgehead atoms. The number of nitrogens with zero attached hydrogens (tertiary/aromatic N) is 2. The van der Waals surface area contributed by atoms with E-state index in [0.29, 0.717) is 5.82 Å². The SMILES string of the molecule is Cc1cccc(CNc2nc(C(C)C)nc(N)c2C)c1. The van der Waals surface area contributed by atoms with Crippen molar-refractivity contribution in [2.75, 3.05) is 11.1 Å². The molecular weight excluding hydrogens is 248 g/mol. The summed E-state index contributed by atoms with van der Waals surface area (Å²) >= 11 is 0. The number of aryl methyl sites for hydroxylation is 1. The van der Waals surface area contributed by atoms with Gasteiger partial charge >= 0.3 is 0 Å². The van der Waals surface area contributed by atoms with Crippen molar-refractivity contribution in [2.45, 2.75) is 40.2 Å². The van der Waals surface area contributed by atoms with Crippen molar-refractivity contribution in [3.05, 3.63) is 46.8 Å². The molecule has 1 aromatic heterocycles. The molecule has 0 aliphatic heterocycles. The Morgan fingerprint density at radius 2 is 1.95 bits per heavy atom. The van der Waals surface area contributed by atoms with Crippen molar-refractivity contribution in [1.82, 2.24) is 9.97 Å². The number of nitrogen functional groups attached to an aromatic ring is 1. The van der Waals surface area contributed by atoms with Crippen LogP contribution in [0, 0.1) is 13.8 Å². The third-order valence-electron chi connectivity index (χ3n) is 3.26. The fraction of sp³-hybridized carbons (Fsp3) is 0.375. The molecule has 2 rings (SSSR count). The van der Waals surface area contributed by atoms with Crippen LogP contribution in [0.15, 0.2) is 24.3 Å². The van der Waals surface area contributed by atoms with E-state index in [0.717, 1.165) is 23.8 Å². The largest absolute Gasteiger partial charge is 0.383 e. The third kappa shape index (κ3) is 3.26. The highest BCUT2D eigenvalue weighted by molar-refractivity contribution is 5.55. The van der Waals surface area contributed by atoms with Crippen molar-refractivity contribution in [3.8, 4) is 0 Å². The van der Waals surface area contributed by atoms with Crippen LogP contribution in [0.3, 0.4) is 0 Å². The zero-order valence-electron chi connectivity index (χ0n) is 12.6. The number of hydrogen-bond donors (Lipinski definition) is 2. The Balaban J connectivity index is 2.20. The van der Waals surface area contributed by atoms with E-state index in [1.807, 2.05) is 6.92 Å². The number of nitrogens with two attached hydrogens (primary N) is 1. The molecule has 0 amide bonds. The fourth-order valence-corrected chi connectivity index (χ4v) is 1.99. The molecule has 106 valence electrons. The Morgan fingerprint density at radius 1 is 1.20 bits per heavy atom. The van der Waals surface area contributed by atoms with Crippen molar-refractivity contribution in [2.24, 2.45) is 0 Å². The molecule has 4 nitrogen and oxygen atoms in total. The van der Waals surface area contributed by atoms with Crippen LogP contribution in [-0.4, -0.2) is 9.97 Å². The third-order valence-corrected chi connectivity index (χ3v) is 3.26. The minimum atomic E-state index is 0.261. The van der Waals surface area contributed by atoms with E-state index in [-0.39, 0.29) is 5.92 Å². The molecule has 0 saturated heterocycles. The van der Waals surface area contributed by atoms with Gasteiger partial charge in [0.15, 0.2) is 0 Å². The summed E-state index contributed by atoms with van der Waals surface area (Å²) < 4.78 is 0. The van der Waals surface area contributed by atoms with Crippen molar-refractivity contribution < 1.29 is 0 Å². The van der Waals surface area contributed by atoms with Crippen LogP contribution in [0.2, 0.25) is 0 Å². The fourth-order valence-electron chi connectivity index (χ4n) is 1.99. The molecule has 0 aliphatic rings. The first-order valence-electron chi connectivity index (χ1n) is 6.90. The molecule has 0 saturated carbocycles. The maximum atomic E-state index is 5.96. The summed E-state index contributed by atoms with van der Waals surface area (Å²) in [7, 11) is 0. The van der Waals surface area contributed by atoms with Gasteiger partial charge in [0.25, 0.3) is 0 Å². The highest BCUT2D eigenvalue weighted by Gasteiger charge is 2.10. The average molecular weight is 270 g/mol. The van der Waals surface area contributed by atoms with Gasteiger partial charge in [-0.1, -0.05) is 43.7 Å². The summed E-state index contributed by atoms with van der Waals surface area (Å²) in [4.78, 5) is 8.90. The van der Waals surface area contributed by atoms with Gasteiger partial charge in [0, 0.05) is 18.0 Å². The summed E-state index contributed by atoms with van der Waals surface area (Å²) in [5.74, 6) is 2.41. The van der Waals surface area contributed by atoms with E-state index in [4.69, 9.17) is 5.73 Å². The molecule has 4 heteroatoms. The molecule has 1 aromatic carbocycles. The first kappa shape index (κ1) is 14.3. The van der Waals surface area contributed by atoms with Crippen LogP contribution < -0.4 is 11.1 Å². The highest BCUT2D eigenvalue weighted by Crippen LogP contribution is 2.21. The molecule has 2 aromatic rings. The maximum absolute atomic E-state index is 5.96. The Hall–Kier alpha value is -2.10. The van der Waals surface area contributed by atoms with Gasteiger partial charge in [0.2, 0.25) is 0 Å². The number of nitrogens with one attached hydrogen (secondary N) is 1. The van der Waals surface area contributed by atoms with Gasteiger partial charge in [0.1, 0.15) is 17.5 Å². The molecule has 3 N–H and O–H groups in total. The van der Waals surface area contributed by atoms with E-state index in [9.17, 15) is 0 Å². The van der Waals surface area contributed by atoms with Crippen LogP contribution in [0.4, 0.5) is 11.6 Å². The Bertz CT molecular complexity index is 605. The molecule has 20 heavy (non-hydrogen) atoms. The van der Waals surface area contributed by atoms with Crippen molar-refractivity contribution >= 4 is 11.6 Å². The molecule has 0 spiro atoms. The zero-order chi connectivity index (χ0) is 14.7. The second-order valence-corrected chi connectivity index (χ2v) is 5.44. The lowest BCUT2D eigenvalue weighted by molar-refractivity contribution is 0.774. The van der Waals surface area contributed by atoms with Crippen LogP contribution >= 0.6 is 0 Å². The lowest BCUT2D eigenvalue weighted by Crippen LogP contribution is -2.10. The predicted octanol–water partition coefficient (Wildman–Crippen LogP) is 3.41. The summed E-state index contributed by atoms with van der Waals surface area (Å²) in [5.41, 5.74) is 9.35. The van der Waals surface area contributed by atoms with Gasteiger partial charge in [-0.15, -0.1) is 0 Å². The number of rotatable bonds is 4. The van der Waals surface area contributed by atoms with Crippen LogP contribution in [0.1, 0.15) is 42.3 Å². The highest BCUT2D eigenvalue weighted by atomic mass is 15.1. The second-order valence-electron chi connectivity index (χ2n) is 5.44. The normalized spacial score (nSPS) is 10.8. The lowest BCUT2D eigenvalue weighted by atomic mass is 10.1. The number of benzene rings is 1. The molecule has 0 atom stereocenters. The molecule has 0 fully saturated rings. The zero-order valence-corrected chi connectivity index (χ0v) is 12.6. The smallest absolute Gasteiger partial charge is 0.135 e. The van der Waals surface area contributed by atoms with Crippen LogP contribution in [0.5, 0.6) is 0 Å². The molecule has 0 radical (unpaired) electrons. The maximum Gasteiger partial charge on any atom is 0.135 e. The lowest BCUT2D eigenvalue weighted by Gasteiger charge is -2.13.